The molecule has 3 heteroatoms. The largest absolute Gasteiger partial charge is 0.487 e. The van der Waals surface area contributed by atoms with E-state index in [1.54, 1.807) is 11.3 Å². The number of aryl methyl sites for hydroxylation is 1. The Labute approximate surface area is 92.9 Å². The number of hydrogen-bond acceptors (Lipinski definition) is 3. The van der Waals surface area contributed by atoms with Crippen molar-refractivity contribution >= 4 is 21.4 Å². The first-order chi connectivity index (χ1) is 7.34. The second-order valence-electron chi connectivity index (χ2n) is 3.95. The van der Waals surface area contributed by atoms with Crippen LogP contribution in [0.2, 0.25) is 0 Å². The summed E-state index contributed by atoms with van der Waals surface area (Å²) in [5.41, 5.74) is 1.32. The third kappa shape index (κ3) is 1.52. The molecule has 0 spiro atoms. The van der Waals surface area contributed by atoms with Crippen molar-refractivity contribution in [2.75, 3.05) is 13.1 Å². The predicted octanol–water partition coefficient (Wildman–Crippen LogP) is 2.56. The van der Waals surface area contributed by atoms with Gasteiger partial charge in [0.25, 0.3) is 0 Å². The zero-order valence-corrected chi connectivity index (χ0v) is 9.43. The summed E-state index contributed by atoms with van der Waals surface area (Å²) in [5, 5.41) is 6.69. The Hall–Kier alpha value is -1.06. The van der Waals surface area contributed by atoms with Gasteiger partial charge in [0.15, 0.2) is 0 Å². The summed E-state index contributed by atoms with van der Waals surface area (Å²) in [4.78, 5) is 0. The fourth-order valence-corrected chi connectivity index (χ4v) is 2.79. The quantitative estimate of drug-likeness (QED) is 0.838. The van der Waals surface area contributed by atoms with Crippen molar-refractivity contribution in [1.82, 2.24) is 5.32 Å². The van der Waals surface area contributed by atoms with Crippen molar-refractivity contribution in [3.05, 3.63) is 29.1 Å². The van der Waals surface area contributed by atoms with E-state index < -0.39 is 0 Å². The number of thiophene rings is 1. The third-order valence-corrected chi connectivity index (χ3v) is 3.85. The van der Waals surface area contributed by atoms with Gasteiger partial charge in [0, 0.05) is 23.2 Å². The van der Waals surface area contributed by atoms with Crippen LogP contribution in [-0.2, 0) is 0 Å². The minimum absolute atomic E-state index is 0.356. The van der Waals surface area contributed by atoms with Crippen LogP contribution < -0.4 is 10.1 Å². The zero-order valence-electron chi connectivity index (χ0n) is 8.62. The molecular weight excluding hydrogens is 206 g/mol. The van der Waals surface area contributed by atoms with Gasteiger partial charge in [0.2, 0.25) is 0 Å². The molecule has 1 aromatic heterocycles. The molecule has 0 radical (unpaired) electrons. The van der Waals surface area contributed by atoms with Crippen LogP contribution in [0.15, 0.2) is 23.6 Å². The normalized spacial score (nSPS) is 16.6. The third-order valence-electron chi connectivity index (χ3n) is 2.78. The highest BCUT2D eigenvalue weighted by Gasteiger charge is 2.19. The van der Waals surface area contributed by atoms with E-state index >= 15 is 0 Å². The van der Waals surface area contributed by atoms with Crippen molar-refractivity contribution in [3.8, 4) is 5.75 Å². The zero-order chi connectivity index (χ0) is 10.3. The molecule has 1 saturated heterocycles. The van der Waals surface area contributed by atoms with E-state index in [2.05, 4.69) is 35.8 Å². The summed E-state index contributed by atoms with van der Waals surface area (Å²) >= 11 is 1.79. The highest BCUT2D eigenvalue weighted by atomic mass is 32.1. The minimum atomic E-state index is 0.356. The highest BCUT2D eigenvalue weighted by molar-refractivity contribution is 7.17. The van der Waals surface area contributed by atoms with Crippen LogP contribution in [-0.4, -0.2) is 19.2 Å². The van der Waals surface area contributed by atoms with Gasteiger partial charge in [-0.1, -0.05) is 6.07 Å². The molecule has 1 aliphatic rings. The van der Waals surface area contributed by atoms with Crippen LogP contribution >= 0.6 is 11.3 Å². The fraction of sp³-hybridized carbons (Fsp3) is 0.333. The number of benzene rings is 1. The molecule has 0 atom stereocenters. The van der Waals surface area contributed by atoms with Gasteiger partial charge in [-0.05, 0) is 30.0 Å². The van der Waals surface area contributed by atoms with Crippen LogP contribution in [0, 0.1) is 6.92 Å². The Morgan fingerprint density at radius 3 is 3.00 bits per heavy atom. The van der Waals surface area contributed by atoms with Crippen molar-refractivity contribution in [2.45, 2.75) is 13.0 Å². The molecule has 0 saturated carbocycles. The highest BCUT2D eigenvalue weighted by Crippen LogP contribution is 2.33. The van der Waals surface area contributed by atoms with Gasteiger partial charge in [-0.15, -0.1) is 11.3 Å². The average Bonchev–Trinajstić information content (AvgIpc) is 2.55. The van der Waals surface area contributed by atoms with E-state index in [4.69, 9.17) is 4.74 Å². The first kappa shape index (κ1) is 9.19. The molecule has 1 fully saturated rings. The molecule has 1 aromatic carbocycles. The van der Waals surface area contributed by atoms with Gasteiger partial charge in [-0.2, -0.15) is 0 Å². The van der Waals surface area contributed by atoms with Gasteiger partial charge >= 0.3 is 0 Å². The van der Waals surface area contributed by atoms with E-state index in [1.165, 1.54) is 15.6 Å². The first-order valence-corrected chi connectivity index (χ1v) is 6.07. The summed E-state index contributed by atoms with van der Waals surface area (Å²) in [6.07, 6.45) is 0.356. The first-order valence-electron chi connectivity index (χ1n) is 5.19. The molecule has 1 N–H and O–H groups in total. The van der Waals surface area contributed by atoms with E-state index in [9.17, 15) is 0 Å². The fourth-order valence-electron chi connectivity index (χ4n) is 1.83. The lowest BCUT2D eigenvalue weighted by Gasteiger charge is -2.28. The summed E-state index contributed by atoms with van der Waals surface area (Å²) in [6.45, 7) is 4.09. The van der Waals surface area contributed by atoms with Gasteiger partial charge in [0.1, 0.15) is 11.9 Å². The number of fused-ring (bicyclic) bond motifs is 1. The summed E-state index contributed by atoms with van der Waals surface area (Å²) in [5.74, 6) is 1.04. The van der Waals surface area contributed by atoms with Crippen molar-refractivity contribution in [2.24, 2.45) is 0 Å². The minimum Gasteiger partial charge on any atom is -0.487 e. The lowest BCUT2D eigenvalue weighted by molar-refractivity contribution is 0.144. The molecule has 0 bridgehead atoms. The van der Waals surface area contributed by atoms with Gasteiger partial charge in [-0.3, -0.25) is 0 Å². The molecule has 2 aromatic rings. The maximum Gasteiger partial charge on any atom is 0.128 e. The molecule has 0 unspecified atom stereocenters. The summed E-state index contributed by atoms with van der Waals surface area (Å²) in [6, 6.07) is 6.29. The van der Waals surface area contributed by atoms with Crippen LogP contribution in [0.1, 0.15) is 5.56 Å². The maximum absolute atomic E-state index is 5.95. The van der Waals surface area contributed by atoms with Crippen molar-refractivity contribution < 1.29 is 4.74 Å². The molecule has 2 nitrogen and oxygen atoms in total. The maximum atomic E-state index is 5.95. The molecule has 2 heterocycles. The van der Waals surface area contributed by atoms with Gasteiger partial charge in [-0.25, -0.2) is 0 Å². The molecule has 0 aliphatic carbocycles. The number of hydrogen-bond donors (Lipinski definition) is 1. The molecular formula is C12H13NOS. The summed E-state index contributed by atoms with van der Waals surface area (Å²) in [7, 11) is 0. The molecule has 15 heavy (non-hydrogen) atoms. The Morgan fingerprint density at radius 2 is 2.27 bits per heavy atom. The van der Waals surface area contributed by atoms with E-state index in [0.29, 0.717) is 6.10 Å². The number of ether oxygens (including phenoxy) is 1. The SMILES string of the molecule is Cc1csc2cccc(OC3CNC3)c12. The van der Waals surface area contributed by atoms with Crippen LogP contribution in [0.3, 0.4) is 0 Å². The summed E-state index contributed by atoms with van der Waals surface area (Å²) < 4.78 is 7.26. The van der Waals surface area contributed by atoms with Crippen LogP contribution in [0.4, 0.5) is 0 Å². The molecule has 78 valence electrons. The van der Waals surface area contributed by atoms with Crippen LogP contribution in [0.5, 0.6) is 5.75 Å². The Kier molecular flexibility index (Phi) is 2.15. The van der Waals surface area contributed by atoms with Gasteiger partial charge in [0.05, 0.1) is 0 Å². The van der Waals surface area contributed by atoms with Crippen molar-refractivity contribution in [3.63, 3.8) is 0 Å². The number of rotatable bonds is 2. The predicted molar refractivity (Wildman–Crippen MR) is 63.8 cm³/mol. The standard InChI is InChI=1S/C12H13NOS/c1-8-7-15-11-4-2-3-10(12(8)11)14-9-5-13-6-9/h2-4,7,9,13H,5-6H2,1H3. The Bertz CT molecular complexity index is 487. The second-order valence-corrected chi connectivity index (χ2v) is 4.86. The topological polar surface area (TPSA) is 21.3 Å². The Balaban J connectivity index is 2.04. The molecule has 3 rings (SSSR count). The van der Waals surface area contributed by atoms with E-state index in [-0.39, 0.29) is 0 Å². The molecule has 1 aliphatic heterocycles. The monoisotopic (exact) mass is 219 g/mol. The van der Waals surface area contributed by atoms with Crippen LogP contribution in [0.25, 0.3) is 10.1 Å². The van der Waals surface area contributed by atoms with E-state index in [0.717, 1.165) is 18.8 Å². The average molecular weight is 219 g/mol. The van der Waals surface area contributed by atoms with E-state index in [1.807, 2.05) is 0 Å². The lowest BCUT2D eigenvalue weighted by atomic mass is 10.1. The lowest BCUT2D eigenvalue weighted by Crippen LogP contribution is -2.50. The second kappa shape index (κ2) is 3.51. The smallest absolute Gasteiger partial charge is 0.128 e. The van der Waals surface area contributed by atoms with Gasteiger partial charge < -0.3 is 10.1 Å². The number of nitrogens with one attached hydrogen (secondary N) is 1. The molecule has 0 amide bonds. The van der Waals surface area contributed by atoms with Crippen molar-refractivity contribution in [1.29, 1.82) is 0 Å². The Morgan fingerprint density at radius 1 is 1.40 bits per heavy atom.